The first-order chi connectivity index (χ1) is 14.1. The number of nitrogens with zero attached hydrogens (tertiary/aromatic N) is 1. The van der Waals surface area contributed by atoms with Gasteiger partial charge >= 0.3 is 6.03 Å². The molecule has 0 unspecified atom stereocenters. The number of urea groups is 1. The van der Waals surface area contributed by atoms with E-state index in [1.807, 2.05) is 49.1 Å². The molecule has 0 fully saturated rings. The second-order valence-electron chi connectivity index (χ2n) is 7.08. The Labute approximate surface area is 172 Å². The molecule has 0 bridgehead atoms. The summed E-state index contributed by atoms with van der Waals surface area (Å²) in [6, 6.07) is 11.9. The third-order valence-electron chi connectivity index (χ3n) is 5.23. The molecule has 156 valence electrons. The van der Waals surface area contributed by atoms with Crippen molar-refractivity contribution in [1.82, 2.24) is 4.90 Å². The van der Waals surface area contributed by atoms with Crippen molar-refractivity contribution in [2.75, 3.05) is 38.8 Å². The minimum Gasteiger partial charge on any atom is -0.497 e. The summed E-state index contributed by atoms with van der Waals surface area (Å²) in [6.07, 6.45) is 0.847. The highest BCUT2D eigenvalue weighted by atomic mass is 16.5. The van der Waals surface area contributed by atoms with Crippen molar-refractivity contribution in [1.29, 1.82) is 0 Å². The Hall–Kier alpha value is -2.57. The number of carbonyl (C=O) groups is 1. The lowest BCUT2D eigenvalue weighted by Gasteiger charge is -2.29. The van der Waals surface area contributed by atoms with Gasteiger partial charge in [0, 0.05) is 25.4 Å². The summed E-state index contributed by atoms with van der Waals surface area (Å²) in [5, 5.41) is 3.07. The number of benzene rings is 2. The first-order valence-corrected chi connectivity index (χ1v) is 10.1. The van der Waals surface area contributed by atoms with E-state index in [1.165, 1.54) is 5.56 Å². The molecule has 0 saturated carbocycles. The maximum Gasteiger partial charge on any atom is 0.322 e. The van der Waals surface area contributed by atoms with Crippen LogP contribution in [0.3, 0.4) is 0 Å². The van der Waals surface area contributed by atoms with E-state index in [9.17, 15) is 4.79 Å². The summed E-state index contributed by atoms with van der Waals surface area (Å²) in [5.74, 6) is 0.818. The largest absolute Gasteiger partial charge is 0.497 e. The Balaban J connectivity index is 1.61. The summed E-state index contributed by atoms with van der Waals surface area (Å²) < 4.78 is 16.3. The van der Waals surface area contributed by atoms with Gasteiger partial charge in [0.1, 0.15) is 5.75 Å². The number of nitrogens with one attached hydrogen (secondary N) is 1. The van der Waals surface area contributed by atoms with Crippen LogP contribution in [0.15, 0.2) is 36.4 Å². The number of amides is 2. The van der Waals surface area contributed by atoms with Crippen LogP contribution in [0.1, 0.15) is 29.2 Å². The Kier molecular flexibility index (Phi) is 7.49. The van der Waals surface area contributed by atoms with Gasteiger partial charge in [-0.15, -0.1) is 0 Å². The van der Waals surface area contributed by atoms with Crippen LogP contribution in [0.25, 0.3) is 0 Å². The minimum atomic E-state index is -0.0871. The fraction of sp³-hybridized carbons (Fsp3) is 0.435. The molecule has 2 amide bonds. The summed E-state index contributed by atoms with van der Waals surface area (Å²) in [5.41, 5.74) is 5.32. The Morgan fingerprint density at radius 3 is 2.76 bits per heavy atom. The van der Waals surface area contributed by atoms with Gasteiger partial charge in [-0.25, -0.2) is 4.79 Å². The molecule has 2 aromatic carbocycles. The average molecular weight is 399 g/mol. The number of methoxy groups -OCH3 is 1. The molecule has 6 heteroatoms. The van der Waals surface area contributed by atoms with Crippen LogP contribution in [0.2, 0.25) is 0 Å². The third kappa shape index (κ3) is 5.49. The van der Waals surface area contributed by atoms with Crippen LogP contribution in [0.5, 0.6) is 5.75 Å². The number of hydrogen-bond acceptors (Lipinski definition) is 4. The molecule has 0 spiro atoms. The van der Waals surface area contributed by atoms with Crippen molar-refractivity contribution in [3.8, 4) is 5.75 Å². The average Bonchev–Trinajstić information content (AvgIpc) is 2.75. The highest BCUT2D eigenvalue weighted by Crippen LogP contribution is 2.25. The second kappa shape index (κ2) is 10.3. The Morgan fingerprint density at radius 2 is 1.97 bits per heavy atom. The molecule has 29 heavy (non-hydrogen) atoms. The van der Waals surface area contributed by atoms with Gasteiger partial charge in [0.25, 0.3) is 0 Å². The van der Waals surface area contributed by atoms with E-state index in [0.29, 0.717) is 39.5 Å². The van der Waals surface area contributed by atoms with Crippen LogP contribution in [0.4, 0.5) is 10.5 Å². The fourth-order valence-electron chi connectivity index (χ4n) is 3.45. The normalized spacial score (nSPS) is 13.1. The third-order valence-corrected chi connectivity index (χ3v) is 5.23. The van der Waals surface area contributed by atoms with Gasteiger partial charge in [-0.1, -0.05) is 18.2 Å². The molecule has 0 radical (unpaired) electrons. The maximum atomic E-state index is 12.9. The monoisotopic (exact) mass is 398 g/mol. The first kappa shape index (κ1) is 21.1. The molecule has 6 nitrogen and oxygen atoms in total. The van der Waals surface area contributed by atoms with Crippen LogP contribution >= 0.6 is 0 Å². The van der Waals surface area contributed by atoms with Crippen molar-refractivity contribution in [2.24, 2.45) is 0 Å². The van der Waals surface area contributed by atoms with Crippen molar-refractivity contribution >= 4 is 11.7 Å². The standard InChI is InChI=1S/C23H30N2O4/c1-4-28-12-13-29-16-19-6-5-7-22(17(19)2)24-23(26)25-11-10-18-8-9-21(27-3)14-20(18)15-25/h5-9,14H,4,10-13,15-16H2,1-3H3,(H,24,26). The van der Waals surface area contributed by atoms with Crippen molar-refractivity contribution in [3.63, 3.8) is 0 Å². The Morgan fingerprint density at radius 1 is 1.14 bits per heavy atom. The number of ether oxygens (including phenoxy) is 3. The zero-order chi connectivity index (χ0) is 20.6. The molecule has 0 aliphatic carbocycles. The van der Waals surface area contributed by atoms with Gasteiger partial charge in [0.15, 0.2) is 0 Å². The molecule has 2 aromatic rings. The number of anilines is 1. The van der Waals surface area contributed by atoms with E-state index in [-0.39, 0.29) is 6.03 Å². The molecular formula is C23H30N2O4. The lowest BCUT2D eigenvalue weighted by Crippen LogP contribution is -2.39. The van der Waals surface area contributed by atoms with Gasteiger partial charge in [-0.3, -0.25) is 0 Å². The predicted molar refractivity (Wildman–Crippen MR) is 113 cm³/mol. The van der Waals surface area contributed by atoms with E-state index in [2.05, 4.69) is 11.4 Å². The number of rotatable bonds is 8. The van der Waals surface area contributed by atoms with E-state index in [0.717, 1.165) is 34.5 Å². The smallest absolute Gasteiger partial charge is 0.322 e. The number of carbonyl (C=O) groups excluding carboxylic acids is 1. The topological polar surface area (TPSA) is 60.0 Å². The maximum absolute atomic E-state index is 12.9. The molecule has 1 aliphatic heterocycles. The quantitative estimate of drug-likeness (QED) is 0.679. The zero-order valence-corrected chi connectivity index (χ0v) is 17.5. The van der Waals surface area contributed by atoms with Crippen LogP contribution in [-0.2, 0) is 29.0 Å². The molecule has 0 saturated heterocycles. The minimum absolute atomic E-state index is 0.0871. The summed E-state index contributed by atoms with van der Waals surface area (Å²) in [4.78, 5) is 14.7. The van der Waals surface area contributed by atoms with E-state index < -0.39 is 0 Å². The molecule has 1 N–H and O–H groups in total. The summed E-state index contributed by atoms with van der Waals surface area (Å²) in [6.45, 7) is 7.59. The van der Waals surface area contributed by atoms with E-state index in [4.69, 9.17) is 14.2 Å². The van der Waals surface area contributed by atoms with Gasteiger partial charge in [-0.05, 0) is 60.7 Å². The lowest BCUT2D eigenvalue weighted by molar-refractivity contribution is 0.0451. The lowest BCUT2D eigenvalue weighted by atomic mass is 10.00. The zero-order valence-electron chi connectivity index (χ0n) is 17.5. The molecule has 0 atom stereocenters. The molecule has 0 aromatic heterocycles. The molecule has 3 rings (SSSR count). The van der Waals surface area contributed by atoms with Gasteiger partial charge < -0.3 is 24.4 Å². The van der Waals surface area contributed by atoms with Crippen molar-refractivity contribution in [2.45, 2.75) is 33.4 Å². The molecular weight excluding hydrogens is 368 g/mol. The number of fused-ring (bicyclic) bond motifs is 1. The van der Waals surface area contributed by atoms with Crippen LogP contribution in [-0.4, -0.2) is 44.4 Å². The number of hydrogen-bond donors (Lipinski definition) is 1. The predicted octanol–water partition coefficient (Wildman–Crippen LogP) is 4.15. The van der Waals surface area contributed by atoms with Gasteiger partial charge in [-0.2, -0.15) is 0 Å². The summed E-state index contributed by atoms with van der Waals surface area (Å²) in [7, 11) is 1.66. The first-order valence-electron chi connectivity index (χ1n) is 10.1. The van der Waals surface area contributed by atoms with Gasteiger partial charge in [0.05, 0.1) is 26.9 Å². The van der Waals surface area contributed by atoms with Crippen LogP contribution in [0, 0.1) is 6.92 Å². The Bertz CT molecular complexity index is 838. The SMILES string of the molecule is CCOCCOCc1cccc(NC(=O)N2CCc3ccc(OC)cc3C2)c1C. The van der Waals surface area contributed by atoms with Crippen LogP contribution < -0.4 is 10.1 Å². The van der Waals surface area contributed by atoms with Crippen molar-refractivity contribution in [3.05, 3.63) is 58.7 Å². The van der Waals surface area contributed by atoms with E-state index in [1.54, 1.807) is 7.11 Å². The van der Waals surface area contributed by atoms with Gasteiger partial charge in [0.2, 0.25) is 0 Å². The molecule has 1 heterocycles. The highest BCUT2D eigenvalue weighted by Gasteiger charge is 2.21. The summed E-state index contributed by atoms with van der Waals surface area (Å²) >= 11 is 0. The fourth-order valence-corrected chi connectivity index (χ4v) is 3.45. The highest BCUT2D eigenvalue weighted by molar-refractivity contribution is 5.90. The molecule has 1 aliphatic rings. The van der Waals surface area contributed by atoms with Crippen molar-refractivity contribution < 1.29 is 19.0 Å². The second-order valence-corrected chi connectivity index (χ2v) is 7.08. The van der Waals surface area contributed by atoms with E-state index >= 15 is 0 Å².